The number of carbonyl (C=O) groups excluding carboxylic acids is 1. The first-order valence-electron chi connectivity index (χ1n) is 9.96. The molecular weight excluding hydrogens is 562 g/mol. The molecule has 1 unspecified atom stereocenters. The van der Waals surface area contributed by atoms with Crippen LogP contribution in [0.15, 0.2) is 69.4 Å². The van der Waals surface area contributed by atoms with Gasteiger partial charge in [0.25, 0.3) is 0 Å². The molecule has 0 aliphatic carbocycles. The minimum absolute atomic E-state index is 0.0642. The number of nitrogens with one attached hydrogen (secondary N) is 1. The fourth-order valence-corrected chi connectivity index (χ4v) is 5.63. The molecule has 1 heterocycles. The molecule has 4 rings (SSSR count). The lowest BCUT2D eigenvalue weighted by molar-refractivity contribution is -0.115. The lowest BCUT2D eigenvalue weighted by Crippen LogP contribution is -2.23. The molecule has 1 atom stereocenters. The summed E-state index contributed by atoms with van der Waals surface area (Å²) in [4.78, 5) is 12.7. The Morgan fingerprint density at radius 3 is 2.62 bits per heavy atom. The highest BCUT2D eigenvalue weighted by molar-refractivity contribution is 9.10. The van der Waals surface area contributed by atoms with Gasteiger partial charge < -0.3 is 5.32 Å². The number of sulfonamides is 1. The SMILES string of the molecule is Cc1ccc2ccccc2c1-n1c(Br)nnc1SC(C)C(=O)Nc1ccc(S(N)(=O)=O)cc1Cl. The quantitative estimate of drug-likeness (QED) is 0.313. The van der Waals surface area contributed by atoms with Crippen LogP contribution in [0.4, 0.5) is 5.69 Å². The molecule has 0 bridgehead atoms. The minimum atomic E-state index is -3.90. The number of primary sulfonamides is 1. The molecule has 8 nitrogen and oxygen atoms in total. The zero-order chi connectivity index (χ0) is 24.6. The molecule has 0 aliphatic heterocycles. The first-order valence-corrected chi connectivity index (χ1v) is 13.6. The Kier molecular flexibility index (Phi) is 7.02. The van der Waals surface area contributed by atoms with Gasteiger partial charge in [-0.05, 0) is 58.9 Å². The van der Waals surface area contributed by atoms with Gasteiger partial charge >= 0.3 is 0 Å². The number of nitrogens with zero attached hydrogens (tertiary/aromatic N) is 3. The molecule has 1 aromatic heterocycles. The topological polar surface area (TPSA) is 120 Å². The average Bonchev–Trinajstić information content (AvgIpc) is 3.13. The van der Waals surface area contributed by atoms with Gasteiger partial charge in [-0.15, -0.1) is 10.2 Å². The number of benzene rings is 3. The summed E-state index contributed by atoms with van der Waals surface area (Å²) in [6.07, 6.45) is 0. The van der Waals surface area contributed by atoms with Crippen molar-refractivity contribution >= 4 is 71.7 Å². The highest BCUT2D eigenvalue weighted by Gasteiger charge is 2.23. The number of nitrogens with two attached hydrogens (primary N) is 1. The zero-order valence-electron chi connectivity index (χ0n) is 18.0. The molecule has 3 N–H and O–H groups in total. The van der Waals surface area contributed by atoms with Crippen molar-refractivity contribution in [3.05, 3.63) is 69.9 Å². The number of halogens is 2. The van der Waals surface area contributed by atoms with Crippen LogP contribution in [-0.4, -0.2) is 34.3 Å². The third-order valence-corrected chi connectivity index (χ3v) is 7.88. The molecule has 12 heteroatoms. The van der Waals surface area contributed by atoms with Crippen LogP contribution in [0, 0.1) is 6.92 Å². The van der Waals surface area contributed by atoms with Crippen molar-refractivity contribution in [1.82, 2.24) is 14.8 Å². The molecule has 0 aliphatic rings. The number of anilines is 1. The molecule has 0 fully saturated rings. The van der Waals surface area contributed by atoms with Crippen molar-refractivity contribution in [1.29, 1.82) is 0 Å². The molecule has 3 aromatic carbocycles. The maximum atomic E-state index is 12.9. The molecule has 34 heavy (non-hydrogen) atoms. The van der Waals surface area contributed by atoms with E-state index >= 15 is 0 Å². The number of hydrogen-bond donors (Lipinski definition) is 2. The van der Waals surface area contributed by atoms with Crippen LogP contribution in [-0.2, 0) is 14.8 Å². The maximum absolute atomic E-state index is 12.9. The predicted molar refractivity (Wildman–Crippen MR) is 138 cm³/mol. The smallest absolute Gasteiger partial charge is 0.238 e. The molecule has 0 radical (unpaired) electrons. The first-order chi connectivity index (χ1) is 16.1. The monoisotopic (exact) mass is 579 g/mol. The summed E-state index contributed by atoms with van der Waals surface area (Å²) in [6, 6.07) is 16.0. The van der Waals surface area contributed by atoms with Crippen molar-refractivity contribution < 1.29 is 13.2 Å². The van der Waals surface area contributed by atoms with Crippen molar-refractivity contribution in [2.75, 3.05) is 5.32 Å². The number of fused-ring (bicyclic) bond motifs is 1. The van der Waals surface area contributed by atoms with Crippen LogP contribution < -0.4 is 10.5 Å². The summed E-state index contributed by atoms with van der Waals surface area (Å²) in [5.74, 6) is -0.337. The normalized spacial score (nSPS) is 12.6. The Morgan fingerprint density at radius 1 is 1.18 bits per heavy atom. The predicted octanol–water partition coefficient (Wildman–Crippen LogP) is 4.91. The summed E-state index contributed by atoms with van der Waals surface area (Å²) in [6.45, 7) is 3.74. The van der Waals surface area contributed by atoms with Gasteiger partial charge in [-0.3, -0.25) is 9.36 Å². The van der Waals surface area contributed by atoms with Crippen LogP contribution in [0.2, 0.25) is 5.02 Å². The van der Waals surface area contributed by atoms with E-state index in [-0.39, 0.29) is 21.5 Å². The van der Waals surface area contributed by atoms with Gasteiger partial charge in [0.1, 0.15) is 0 Å². The summed E-state index contributed by atoms with van der Waals surface area (Å²) in [5.41, 5.74) is 2.23. The van der Waals surface area contributed by atoms with E-state index in [0.29, 0.717) is 9.89 Å². The Bertz CT molecular complexity index is 1520. The zero-order valence-corrected chi connectivity index (χ0v) is 22.0. The number of carbonyl (C=O) groups is 1. The molecule has 176 valence electrons. The maximum Gasteiger partial charge on any atom is 0.238 e. The number of aromatic nitrogens is 3. The highest BCUT2D eigenvalue weighted by Crippen LogP contribution is 2.34. The Hall–Kier alpha value is -2.44. The van der Waals surface area contributed by atoms with Crippen molar-refractivity contribution in [2.24, 2.45) is 5.14 Å². The van der Waals surface area contributed by atoms with Crippen molar-refractivity contribution in [2.45, 2.75) is 29.1 Å². The lowest BCUT2D eigenvalue weighted by atomic mass is 10.0. The van der Waals surface area contributed by atoms with E-state index in [1.807, 2.05) is 41.8 Å². The van der Waals surface area contributed by atoms with Gasteiger partial charge in [-0.2, -0.15) is 0 Å². The summed E-state index contributed by atoms with van der Waals surface area (Å²) in [7, 11) is -3.90. The van der Waals surface area contributed by atoms with E-state index in [0.717, 1.165) is 22.0 Å². The van der Waals surface area contributed by atoms with Crippen LogP contribution in [0.25, 0.3) is 16.5 Å². The number of amides is 1. The van der Waals surface area contributed by atoms with E-state index in [1.165, 1.54) is 30.0 Å². The van der Waals surface area contributed by atoms with Gasteiger partial charge in [0.15, 0.2) is 5.16 Å². The van der Waals surface area contributed by atoms with E-state index < -0.39 is 15.3 Å². The van der Waals surface area contributed by atoms with Crippen LogP contribution >= 0.6 is 39.3 Å². The Balaban J connectivity index is 1.61. The fraction of sp³-hybridized carbons (Fsp3) is 0.136. The largest absolute Gasteiger partial charge is 0.324 e. The van der Waals surface area contributed by atoms with Crippen LogP contribution in [0.5, 0.6) is 0 Å². The van der Waals surface area contributed by atoms with Gasteiger partial charge in [0.05, 0.1) is 26.5 Å². The summed E-state index contributed by atoms with van der Waals surface area (Å²) < 4.78 is 25.4. The van der Waals surface area contributed by atoms with Crippen LogP contribution in [0.3, 0.4) is 0 Å². The Labute approximate surface area is 214 Å². The van der Waals surface area contributed by atoms with E-state index in [4.69, 9.17) is 16.7 Å². The highest BCUT2D eigenvalue weighted by atomic mass is 79.9. The van der Waals surface area contributed by atoms with Crippen LogP contribution in [0.1, 0.15) is 12.5 Å². The Morgan fingerprint density at radius 2 is 1.91 bits per heavy atom. The second kappa shape index (κ2) is 9.67. The number of thioether (sulfide) groups is 1. The lowest BCUT2D eigenvalue weighted by Gasteiger charge is -2.16. The third-order valence-electron chi connectivity index (χ3n) is 5.10. The fourth-order valence-electron chi connectivity index (χ4n) is 3.40. The number of aryl methyl sites for hydroxylation is 1. The van der Waals surface area contributed by atoms with Gasteiger partial charge in [-0.1, -0.05) is 59.8 Å². The van der Waals surface area contributed by atoms with Gasteiger partial charge in [-0.25, -0.2) is 13.6 Å². The average molecular weight is 581 g/mol. The molecule has 4 aromatic rings. The standard InChI is InChI=1S/C22H19BrClN5O3S2/c1-12-7-8-14-5-3-4-6-16(14)19(12)29-21(23)27-28-22(29)33-13(2)20(30)26-18-10-9-15(11-17(18)24)34(25,31)32/h3-11,13H,1-2H3,(H,26,30)(H2,25,31,32). The molecule has 0 saturated heterocycles. The minimum Gasteiger partial charge on any atom is -0.324 e. The summed E-state index contributed by atoms with van der Waals surface area (Å²) in [5, 5.41) is 18.4. The first kappa shape index (κ1) is 24.7. The number of rotatable bonds is 6. The second-order valence-corrected chi connectivity index (χ2v) is 11.5. The number of hydrogen-bond acceptors (Lipinski definition) is 6. The molecule has 1 amide bonds. The summed E-state index contributed by atoms with van der Waals surface area (Å²) >= 11 is 10.9. The van der Waals surface area contributed by atoms with Gasteiger partial charge in [0.2, 0.25) is 20.7 Å². The van der Waals surface area contributed by atoms with E-state index in [2.05, 4.69) is 37.5 Å². The molecule has 0 spiro atoms. The molecule has 0 saturated carbocycles. The second-order valence-electron chi connectivity index (χ2n) is 7.48. The molecular formula is C22H19BrClN5O3S2. The van der Waals surface area contributed by atoms with E-state index in [9.17, 15) is 13.2 Å². The third kappa shape index (κ3) is 4.98. The van der Waals surface area contributed by atoms with Crippen molar-refractivity contribution in [3.8, 4) is 5.69 Å². The van der Waals surface area contributed by atoms with Gasteiger partial charge in [0, 0.05) is 5.39 Å². The van der Waals surface area contributed by atoms with Crippen molar-refractivity contribution in [3.63, 3.8) is 0 Å². The van der Waals surface area contributed by atoms with E-state index in [1.54, 1.807) is 6.92 Å².